The summed E-state index contributed by atoms with van der Waals surface area (Å²) in [7, 11) is 0. The molecule has 4 N–H and O–H groups in total. The predicted octanol–water partition coefficient (Wildman–Crippen LogP) is 5.65. The number of carbonyl (C=O) groups excluding carboxylic acids is 2. The minimum atomic E-state index is -1.10. The third-order valence-corrected chi connectivity index (χ3v) is 6.95. The fourth-order valence-electron chi connectivity index (χ4n) is 4.93. The molecule has 5 rings (SSSR count). The zero-order chi connectivity index (χ0) is 30.3. The summed E-state index contributed by atoms with van der Waals surface area (Å²) in [6.07, 6.45) is 3.92. The number of rotatable bonds is 8. The molecule has 12 heteroatoms. The van der Waals surface area contributed by atoms with Crippen molar-refractivity contribution in [2.75, 3.05) is 28.6 Å². The molecule has 3 heterocycles. The number of nitrogens with one attached hydrogen (secondary N) is 3. The summed E-state index contributed by atoms with van der Waals surface area (Å²) in [5.74, 6) is -1.19. The van der Waals surface area contributed by atoms with Gasteiger partial charge in [-0.3, -0.25) is 15.1 Å². The van der Waals surface area contributed by atoms with Crippen molar-refractivity contribution in [3.05, 3.63) is 96.2 Å². The van der Waals surface area contributed by atoms with Crippen LogP contribution in [0.2, 0.25) is 0 Å². The zero-order valence-corrected chi connectivity index (χ0v) is 23.0. The number of fused-ring (bicyclic) bond motifs is 1. The molecule has 11 nitrogen and oxygen atoms in total. The minimum Gasteiger partial charge on any atom is -0.465 e. The highest BCUT2D eigenvalue weighted by Crippen LogP contribution is 2.30. The molecule has 1 fully saturated rings. The molecule has 3 amide bonds. The van der Waals surface area contributed by atoms with Crippen LogP contribution in [-0.2, 0) is 11.3 Å². The van der Waals surface area contributed by atoms with E-state index >= 15 is 0 Å². The van der Waals surface area contributed by atoms with Crippen molar-refractivity contribution in [1.82, 2.24) is 15.3 Å². The lowest BCUT2D eigenvalue weighted by atomic mass is 10.0. The second-order valence-corrected chi connectivity index (χ2v) is 9.92. The summed E-state index contributed by atoms with van der Waals surface area (Å²) in [5.41, 5.74) is 2.19. The molecule has 0 bridgehead atoms. The first-order valence-corrected chi connectivity index (χ1v) is 13.5. The summed E-state index contributed by atoms with van der Waals surface area (Å²) in [4.78, 5) is 48.2. The highest BCUT2D eigenvalue weighted by atomic mass is 19.1. The van der Waals surface area contributed by atoms with E-state index < -0.39 is 23.9 Å². The van der Waals surface area contributed by atoms with Gasteiger partial charge in [-0.15, -0.1) is 0 Å². The maximum absolute atomic E-state index is 14.5. The molecular weight excluding hydrogens is 555 g/mol. The fraction of sp³-hybridized carbons (Fsp3) is 0.194. The number of benzene rings is 2. The van der Waals surface area contributed by atoms with Gasteiger partial charge in [-0.1, -0.05) is 43.0 Å². The molecule has 0 saturated carbocycles. The van der Waals surface area contributed by atoms with Gasteiger partial charge in [0.2, 0.25) is 0 Å². The van der Waals surface area contributed by atoms with Crippen molar-refractivity contribution >= 4 is 52.1 Å². The molecule has 0 radical (unpaired) electrons. The number of hydrogen-bond acceptors (Lipinski definition) is 7. The number of pyridine rings is 2. The molecule has 4 aromatic rings. The predicted molar refractivity (Wildman–Crippen MR) is 161 cm³/mol. The maximum atomic E-state index is 14.5. The van der Waals surface area contributed by atoms with Crippen molar-refractivity contribution in [3.63, 3.8) is 0 Å². The van der Waals surface area contributed by atoms with Crippen molar-refractivity contribution in [2.24, 2.45) is 0 Å². The lowest BCUT2D eigenvalue weighted by molar-refractivity contribution is 0.102. The molecule has 220 valence electrons. The Balaban J connectivity index is 1.44. The molecule has 0 spiro atoms. The van der Waals surface area contributed by atoms with Gasteiger partial charge in [-0.05, 0) is 42.7 Å². The third kappa shape index (κ3) is 7.04. The standard InChI is InChI=1S/C31H29FN6O5/c1-2-20-14-24-21(13-23(20)32)15-25(37-31(42)43-18-19-7-4-3-5-8-19)28(35-24)29(39)36-26-16-33-11-10-27(26)38-12-6-9-22(17-38)34-30(40)41/h2-5,7-8,10-11,13-16,22,34H,1,6,9,12,17-18H2,(H,36,39)(H,37,42)(H,40,41)/t22-/m0/s1. The molecule has 1 aliphatic heterocycles. The second kappa shape index (κ2) is 13.0. The summed E-state index contributed by atoms with van der Waals surface area (Å²) in [6, 6.07) is 14.7. The molecule has 0 unspecified atom stereocenters. The van der Waals surface area contributed by atoms with Crippen LogP contribution in [-0.4, -0.2) is 52.3 Å². The van der Waals surface area contributed by atoms with Crippen LogP contribution in [0.3, 0.4) is 0 Å². The molecule has 0 aliphatic carbocycles. The Labute approximate surface area is 246 Å². The Kier molecular flexibility index (Phi) is 8.75. The van der Waals surface area contributed by atoms with E-state index in [1.54, 1.807) is 24.4 Å². The average Bonchev–Trinajstić information content (AvgIpc) is 3.00. The van der Waals surface area contributed by atoms with Crippen LogP contribution in [0.5, 0.6) is 0 Å². The van der Waals surface area contributed by atoms with Crippen LogP contribution < -0.4 is 20.9 Å². The molecular formula is C31H29FN6O5. The Morgan fingerprint density at radius 3 is 2.70 bits per heavy atom. The maximum Gasteiger partial charge on any atom is 0.412 e. The highest BCUT2D eigenvalue weighted by Gasteiger charge is 2.25. The number of hydrogen-bond donors (Lipinski definition) is 4. The van der Waals surface area contributed by atoms with E-state index in [1.807, 2.05) is 23.1 Å². The van der Waals surface area contributed by atoms with E-state index in [2.05, 4.69) is 32.5 Å². The number of nitrogens with zero attached hydrogens (tertiary/aromatic N) is 3. The topological polar surface area (TPSA) is 146 Å². The van der Waals surface area contributed by atoms with Crippen LogP contribution in [0.15, 0.2) is 73.6 Å². The van der Waals surface area contributed by atoms with Crippen molar-refractivity contribution in [1.29, 1.82) is 0 Å². The van der Waals surface area contributed by atoms with E-state index in [-0.39, 0.29) is 29.6 Å². The van der Waals surface area contributed by atoms with E-state index in [4.69, 9.17) is 9.84 Å². The van der Waals surface area contributed by atoms with E-state index in [0.29, 0.717) is 41.8 Å². The van der Waals surface area contributed by atoms with Gasteiger partial charge in [0.25, 0.3) is 5.91 Å². The summed E-state index contributed by atoms with van der Waals surface area (Å²) in [5, 5.41) is 17.4. The van der Waals surface area contributed by atoms with Gasteiger partial charge in [0.15, 0.2) is 5.69 Å². The largest absolute Gasteiger partial charge is 0.465 e. The first-order chi connectivity index (χ1) is 20.8. The summed E-state index contributed by atoms with van der Waals surface area (Å²) >= 11 is 0. The second-order valence-electron chi connectivity index (χ2n) is 9.92. The van der Waals surface area contributed by atoms with Crippen LogP contribution >= 0.6 is 0 Å². The lowest BCUT2D eigenvalue weighted by Crippen LogP contribution is -2.47. The van der Waals surface area contributed by atoms with Gasteiger partial charge >= 0.3 is 12.2 Å². The van der Waals surface area contributed by atoms with Crippen LogP contribution in [0, 0.1) is 5.82 Å². The van der Waals surface area contributed by atoms with Crippen molar-refractivity contribution in [3.8, 4) is 0 Å². The molecule has 1 aliphatic rings. The highest BCUT2D eigenvalue weighted by molar-refractivity contribution is 6.11. The Morgan fingerprint density at radius 2 is 1.93 bits per heavy atom. The Morgan fingerprint density at radius 1 is 1.12 bits per heavy atom. The molecule has 1 atom stereocenters. The van der Waals surface area contributed by atoms with Crippen LogP contribution in [0.1, 0.15) is 34.5 Å². The smallest absolute Gasteiger partial charge is 0.412 e. The Bertz CT molecular complexity index is 1680. The fourth-order valence-corrected chi connectivity index (χ4v) is 4.93. The molecule has 43 heavy (non-hydrogen) atoms. The number of amides is 3. The number of carboxylic acid groups (broad SMARTS) is 1. The van der Waals surface area contributed by atoms with Gasteiger partial charge in [0, 0.05) is 36.3 Å². The normalized spacial score (nSPS) is 14.5. The van der Waals surface area contributed by atoms with Gasteiger partial charge in [-0.25, -0.2) is 19.0 Å². The van der Waals surface area contributed by atoms with E-state index in [0.717, 1.165) is 12.0 Å². The Hall–Kier alpha value is -5.52. The summed E-state index contributed by atoms with van der Waals surface area (Å²) in [6.45, 7) is 4.67. The first-order valence-electron chi connectivity index (χ1n) is 13.5. The number of halogens is 1. The summed E-state index contributed by atoms with van der Waals surface area (Å²) < 4.78 is 19.9. The zero-order valence-electron chi connectivity index (χ0n) is 23.0. The number of piperidine rings is 1. The number of carbonyl (C=O) groups is 3. The first kappa shape index (κ1) is 29.0. The van der Waals surface area contributed by atoms with E-state index in [9.17, 15) is 18.8 Å². The average molecular weight is 585 g/mol. The van der Waals surface area contributed by atoms with Gasteiger partial charge in [-0.2, -0.15) is 0 Å². The lowest BCUT2D eigenvalue weighted by Gasteiger charge is -2.35. The minimum absolute atomic E-state index is 0.000848. The molecule has 2 aromatic heterocycles. The monoisotopic (exact) mass is 584 g/mol. The number of anilines is 3. The number of ether oxygens (including phenoxy) is 1. The van der Waals surface area contributed by atoms with Crippen molar-refractivity contribution < 1.29 is 28.6 Å². The molecule has 2 aromatic carbocycles. The third-order valence-electron chi connectivity index (χ3n) is 6.95. The van der Waals surface area contributed by atoms with Crippen molar-refractivity contribution in [2.45, 2.75) is 25.5 Å². The van der Waals surface area contributed by atoms with Crippen LogP contribution in [0.25, 0.3) is 17.0 Å². The van der Waals surface area contributed by atoms with Gasteiger partial charge in [0.1, 0.15) is 12.4 Å². The van der Waals surface area contributed by atoms with Gasteiger partial charge in [0.05, 0.1) is 28.8 Å². The SMILES string of the molecule is C=Cc1cc2nc(C(=O)Nc3cnccc3N3CCC[C@H](NC(=O)O)C3)c(NC(=O)OCc3ccccc3)cc2cc1F. The van der Waals surface area contributed by atoms with E-state index in [1.165, 1.54) is 30.5 Å². The van der Waals surface area contributed by atoms with Crippen LogP contribution in [0.4, 0.5) is 31.0 Å². The number of aromatic nitrogens is 2. The quantitative estimate of drug-likeness (QED) is 0.208. The molecule has 1 saturated heterocycles. The van der Waals surface area contributed by atoms with Gasteiger partial charge < -0.3 is 25.4 Å².